The number of benzene rings is 3. The molecule has 2 aliphatic rings. The van der Waals surface area contributed by atoms with E-state index in [2.05, 4.69) is 65.7 Å². The molecule has 0 unspecified atom stereocenters. The number of anilines is 1. The molecule has 2 amide bonds. The third kappa shape index (κ3) is 7.57. The SMILES string of the molecule is CO.COc1ccc(NC(=O)N2CCCCN3CC[C@@H]3C2)cc1.Cc1ccccc1-c1ccccc1. The van der Waals surface area contributed by atoms with Gasteiger partial charge in [0.15, 0.2) is 0 Å². The van der Waals surface area contributed by atoms with Crippen LogP contribution in [0.3, 0.4) is 0 Å². The fourth-order valence-corrected chi connectivity index (χ4v) is 4.53. The topological polar surface area (TPSA) is 65.0 Å². The van der Waals surface area contributed by atoms with E-state index >= 15 is 0 Å². The minimum absolute atomic E-state index is 0.00826. The number of carbonyl (C=O) groups is 1. The lowest BCUT2D eigenvalue weighted by Gasteiger charge is -2.45. The summed E-state index contributed by atoms with van der Waals surface area (Å²) in [6.45, 7) is 6.23. The van der Waals surface area contributed by atoms with Crippen LogP contribution >= 0.6 is 0 Å². The molecule has 3 aromatic rings. The van der Waals surface area contributed by atoms with Gasteiger partial charge in [-0.1, -0.05) is 54.6 Å². The van der Waals surface area contributed by atoms with Crippen molar-refractivity contribution in [2.24, 2.45) is 0 Å². The van der Waals surface area contributed by atoms with Crippen LogP contribution in [0.15, 0.2) is 78.9 Å². The fourth-order valence-electron chi connectivity index (χ4n) is 4.53. The summed E-state index contributed by atoms with van der Waals surface area (Å²) in [5.74, 6) is 0.796. The number of rotatable bonds is 3. The molecule has 2 N–H and O–H groups in total. The first-order valence-corrected chi connectivity index (χ1v) is 12.6. The maximum Gasteiger partial charge on any atom is 0.321 e. The molecule has 36 heavy (non-hydrogen) atoms. The number of nitrogens with zero attached hydrogens (tertiary/aromatic N) is 2. The second-order valence-electron chi connectivity index (χ2n) is 8.97. The highest BCUT2D eigenvalue weighted by atomic mass is 16.5. The number of hydrogen-bond donors (Lipinski definition) is 2. The molecule has 5 rings (SSSR count). The van der Waals surface area contributed by atoms with E-state index in [4.69, 9.17) is 9.84 Å². The maximum absolute atomic E-state index is 12.4. The molecule has 2 saturated heterocycles. The van der Waals surface area contributed by atoms with Crippen LogP contribution in [0, 0.1) is 6.92 Å². The fraction of sp³-hybridized carbons (Fsp3) is 0.367. The Balaban J connectivity index is 0.000000206. The van der Waals surface area contributed by atoms with E-state index in [1.54, 1.807) is 7.11 Å². The van der Waals surface area contributed by atoms with Crippen LogP contribution in [-0.4, -0.2) is 67.4 Å². The second kappa shape index (κ2) is 14.3. The summed E-state index contributed by atoms with van der Waals surface area (Å²) in [6, 6.07) is 26.9. The van der Waals surface area contributed by atoms with E-state index in [9.17, 15) is 4.79 Å². The molecule has 2 fully saturated rings. The van der Waals surface area contributed by atoms with Crippen molar-refractivity contribution in [2.45, 2.75) is 32.2 Å². The van der Waals surface area contributed by atoms with Gasteiger partial charge in [0, 0.05) is 38.5 Å². The first-order valence-electron chi connectivity index (χ1n) is 12.6. The van der Waals surface area contributed by atoms with Crippen LogP contribution in [0.25, 0.3) is 11.1 Å². The summed E-state index contributed by atoms with van der Waals surface area (Å²) in [6.07, 6.45) is 3.48. The monoisotopic (exact) mass is 489 g/mol. The summed E-state index contributed by atoms with van der Waals surface area (Å²) in [5, 5.41) is 9.98. The normalized spacial score (nSPS) is 16.9. The molecule has 0 aromatic heterocycles. The van der Waals surface area contributed by atoms with Crippen molar-refractivity contribution >= 4 is 11.7 Å². The van der Waals surface area contributed by atoms with Gasteiger partial charge in [-0.2, -0.15) is 0 Å². The zero-order valence-corrected chi connectivity index (χ0v) is 21.7. The Morgan fingerprint density at radius 2 is 1.56 bits per heavy atom. The summed E-state index contributed by atoms with van der Waals surface area (Å²) in [4.78, 5) is 16.9. The molecular weight excluding hydrogens is 450 g/mol. The zero-order chi connectivity index (χ0) is 25.8. The molecule has 0 spiro atoms. The van der Waals surface area contributed by atoms with Gasteiger partial charge in [-0.05, 0) is 73.7 Å². The number of aliphatic hydroxyl groups is 1. The number of methoxy groups -OCH3 is 1. The Labute approximate surface area is 215 Å². The van der Waals surface area contributed by atoms with E-state index < -0.39 is 0 Å². The Morgan fingerprint density at radius 1 is 0.889 bits per heavy atom. The molecule has 3 aromatic carbocycles. The van der Waals surface area contributed by atoms with Gasteiger partial charge in [0.1, 0.15) is 5.75 Å². The predicted molar refractivity (Wildman–Crippen MR) is 148 cm³/mol. The lowest BCUT2D eigenvalue weighted by molar-refractivity contribution is 0.0523. The average molecular weight is 490 g/mol. The van der Waals surface area contributed by atoms with Crippen molar-refractivity contribution in [3.63, 3.8) is 0 Å². The van der Waals surface area contributed by atoms with Crippen LogP contribution < -0.4 is 10.1 Å². The third-order valence-electron chi connectivity index (χ3n) is 6.68. The minimum Gasteiger partial charge on any atom is -0.497 e. The van der Waals surface area contributed by atoms with Gasteiger partial charge in [0.2, 0.25) is 0 Å². The smallest absolute Gasteiger partial charge is 0.321 e. The molecule has 2 heterocycles. The molecule has 192 valence electrons. The number of urea groups is 1. The van der Waals surface area contributed by atoms with Gasteiger partial charge >= 0.3 is 6.03 Å². The largest absolute Gasteiger partial charge is 0.497 e. The van der Waals surface area contributed by atoms with Crippen LogP contribution in [0.5, 0.6) is 5.75 Å². The number of aryl methyl sites for hydroxylation is 1. The van der Waals surface area contributed by atoms with Crippen LogP contribution in [0.2, 0.25) is 0 Å². The molecule has 0 aliphatic carbocycles. The maximum atomic E-state index is 12.4. The van der Waals surface area contributed by atoms with Gasteiger partial charge in [-0.3, -0.25) is 4.90 Å². The van der Waals surface area contributed by atoms with Gasteiger partial charge in [0.05, 0.1) is 7.11 Å². The highest BCUT2D eigenvalue weighted by Crippen LogP contribution is 2.23. The van der Waals surface area contributed by atoms with Crippen LogP contribution in [-0.2, 0) is 0 Å². The van der Waals surface area contributed by atoms with Crippen molar-refractivity contribution in [1.29, 1.82) is 0 Å². The number of hydrogen-bond acceptors (Lipinski definition) is 4. The quantitative estimate of drug-likeness (QED) is 0.498. The number of aliphatic hydroxyl groups excluding tert-OH is 1. The Kier molecular flexibility index (Phi) is 10.8. The van der Waals surface area contributed by atoms with E-state index in [-0.39, 0.29) is 6.03 Å². The first kappa shape index (κ1) is 27.2. The minimum atomic E-state index is 0.00826. The van der Waals surface area contributed by atoms with Gasteiger partial charge in [-0.15, -0.1) is 0 Å². The molecule has 0 bridgehead atoms. The lowest BCUT2D eigenvalue weighted by atomic mass is 10.00. The molecule has 2 aliphatic heterocycles. The van der Waals surface area contributed by atoms with Crippen molar-refractivity contribution < 1.29 is 14.6 Å². The average Bonchev–Trinajstić information content (AvgIpc) is 2.91. The summed E-state index contributed by atoms with van der Waals surface area (Å²) in [7, 11) is 2.64. The highest BCUT2D eigenvalue weighted by Gasteiger charge is 2.31. The molecule has 6 heteroatoms. The molecular formula is C30H39N3O3. The third-order valence-corrected chi connectivity index (χ3v) is 6.68. The van der Waals surface area contributed by atoms with Crippen molar-refractivity contribution in [3.05, 3.63) is 84.4 Å². The standard InChI is InChI=1S/C16H23N3O2.C13H12.CH4O/c1-21-15-6-4-13(5-7-15)17-16(20)19-10-3-2-9-18-11-8-14(18)12-19;1-11-7-5-6-10-13(11)12-8-3-2-4-9-12;1-2/h4-7,14H,2-3,8-12H2,1H3,(H,17,20);2-10H,1H3;2H,1H3/t14-;;/m1../s1. The summed E-state index contributed by atoms with van der Waals surface area (Å²) in [5.41, 5.74) is 4.76. The Morgan fingerprint density at radius 3 is 2.19 bits per heavy atom. The van der Waals surface area contributed by atoms with Crippen LogP contribution in [0.1, 0.15) is 24.8 Å². The number of amides is 2. The van der Waals surface area contributed by atoms with E-state index in [0.29, 0.717) is 6.04 Å². The van der Waals surface area contributed by atoms with Crippen molar-refractivity contribution in [3.8, 4) is 16.9 Å². The van der Waals surface area contributed by atoms with E-state index in [1.165, 1.54) is 42.6 Å². The lowest BCUT2D eigenvalue weighted by Crippen LogP contribution is -2.56. The van der Waals surface area contributed by atoms with E-state index in [0.717, 1.165) is 38.1 Å². The van der Waals surface area contributed by atoms with Crippen molar-refractivity contribution in [1.82, 2.24) is 9.80 Å². The summed E-state index contributed by atoms with van der Waals surface area (Å²) >= 11 is 0. The van der Waals surface area contributed by atoms with E-state index in [1.807, 2.05) is 35.2 Å². The zero-order valence-electron chi connectivity index (χ0n) is 21.7. The highest BCUT2D eigenvalue weighted by molar-refractivity contribution is 5.89. The Bertz CT molecular complexity index is 1060. The second-order valence-corrected chi connectivity index (χ2v) is 8.97. The number of fused-ring (bicyclic) bond motifs is 1. The summed E-state index contributed by atoms with van der Waals surface area (Å²) < 4.78 is 5.13. The molecule has 0 radical (unpaired) electrons. The van der Waals surface area contributed by atoms with Gasteiger partial charge in [-0.25, -0.2) is 4.79 Å². The first-order chi connectivity index (χ1) is 17.6. The van der Waals surface area contributed by atoms with Crippen molar-refractivity contribution in [2.75, 3.05) is 45.7 Å². The van der Waals surface area contributed by atoms with Gasteiger partial charge in [0.25, 0.3) is 0 Å². The molecule has 0 saturated carbocycles. The predicted octanol–water partition coefficient (Wildman–Crippen LogP) is 5.67. The van der Waals surface area contributed by atoms with Crippen LogP contribution in [0.4, 0.5) is 10.5 Å². The molecule has 6 nitrogen and oxygen atoms in total. The number of ether oxygens (including phenoxy) is 1. The van der Waals surface area contributed by atoms with Gasteiger partial charge < -0.3 is 20.1 Å². The molecule has 1 atom stereocenters. The number of nitrogens with one attached hydrogen (secondary N) is 1. The Hall–Kier alpha value is -3.35. The number of carbonyl (C=O) groups excluding carboxylic acids is 1.